The Hall–Kier alpha value is -0.750. The van der Waals surface area contributed by atoms with Crippen molar-refractivity contribution < 1.29 is 4.52 Å². The zero-order valence-corrected chi connectivity index (χ0v) is 7.46. The third kappa shape index (κ3) is 0.982. The highest BCUT2D eigenvalue weighted by atomic mass is 79.9. The lowest BCUT2D eigenvalue weighted by Crippen LogP contribution is -2.26. The van der Waals surface area contributed by atoms with Crippen molar-refractivity contribution in [1.29, 1.82) is 0 Å². The molecule has 7 heteroatoms. The van der Waals surface area contributed by atoms with E-state index in [4.69, 9.17) is 11.6 Å². The normalized spacial score (nSPS) is 10.7. The van der Waals surface area contributed by atoms with Crippen LogP contribution in [0, 0.1) is 0 Å². The quantitative estimate of drug-likeness (QED) is 0.530. The second kappa shape index (κ2) is 2.38. The van der Waals surface area contributed by atoms with Gasteiger partial charge in [-0.25, -0.2) is 0 Å². The number of tetrazole rings is 1. The van der Waals surface area contributed by atoms with Gasteiger partial charge in [0, 0.05) is 0 Å². The van der Waals surface area contributed by atoms with Gasteiger partial charge in [0.1, 0.15) is 15.9 Å². The first-order valence-electron chi connectivity index (χ1n) is 2.72. The SMILES string of the molecule is Clc1ncc(Br)c2nn[nH][n+]12. The maximum atomic E-state index is 5.69. The molecule has 0 aliphatic carbocycles. The van der Waals surface area contributed by atoms with Gasteiger partial charge in [0.15, 0.2) is 0 Å². The van der Waals surface area contributed by atoms with Crippen molar-refractivity contribution in [3.63, 3.8) is 0 Å². The fourth-order valence-corrected chi connectivity index (χ4v) is 1.24. The van der Waals surface area contributed by atoms with E-state index in [1.807, 2.05) is 0 Å². The number of nitrogens with zero attached hydrogens (tertiary/aromatic N) is 4. The van der Waals surface area contributed by atoms with Crippen LogP contribution in [-0.4, -0.2) is 20.5 Å². The summed E-state index contributed by atoms with van der Waals surface area (Å²) in [5.41, 5.74) is 0.616. The molecular formula is C4H2BrClN5+. The maximum Gasteiger partial charge on any atom is 0.326 e. The Bertz CT molecular complexity index is 362. The van der Waals surface area contributed by atoms with Crippen LogP contribution in [0.3, 0.4) is 0 Å². The number of H-pyrrole nitrogens is 1. The molecule has 2 heterocycles. The fraction of sp³-hybridized carbons (Fsp3) is 0. The van der Waals surface area contributed by atoms with Crippen LogP contribution >= 0.6 is 27.5 Å². The van der Waals surface area contributed by atoms with Crippen LogP contribution in [-0.2, 0) is 0 Å². The smallest absolute Gasteiger partial charge is 0.129 e. The molecule has 0 fully saturated rings. The zero-order chi connectivity index (χ0) is 7.84. The molecule has 0 bridgehead atoms. The molecule has 0 aromatic carbocycles. The zero-order valence-electron chi connectivity index (χ0n) is 5.12. The van der Waals surface area contributed by atoms with Crippen LogP contribution in [0.1, 0.15) is 0 Å². The monoisotopic (exact) mass is 234 g/mol. The topological polar surface area (TPSA) is 58.6 Å². The van der Waals surface area contributed by atoms with Crippen molar-refractivity contribution in [2.24, 2.45) is 0 Å². The van der Waals surface area contributed by atoms with E-state index in [1.54, 1.807) is 6.20 Å². The van der Waals surface area contributed by atoms with E-state index in [1.165, 1.54) is 4.52 Å². The van der Waals surface area contributed by atoms with Gasteiger partial charge in [-0.2, -0.15) is 0 Å². The highest BCUT2D eigenvalue weighted by Crippen LogP contribution is 2.10. The molecule has 1 N–H and O–H groups in total. The molecule has 0 spiro atoms. The first-order chi connectivity index (χ1) is 5.29. The molecule has 56 valence electrons. The number of halogens is 2. The number of hydrogen-bond acceptors (Lipinski definition) is 3. The van der Waals surface area contributed by atoms with Crippen LogP contribution in [0.15, 0.2) is 10.7 Å². The Morgan fingerprint density at radius 2 is 2.45 bits per heavy atom. The third-order valence-corrected chi connectivity index (χ3v) is 2.01. The second-order valence-corrected chi connectivity index (χ2v) is 3.03. The van der Waals surface area contributed by atoms with Gasteiger partial charge in [-0.1, -0.05) is 5.21 Å². The van der Waals surface area contributed by atoms with Gasteiger partial charge in [0.2, 0.25) is 0 Å². The van der Waals surface area contributed by atoms with Gasteiger partial charge in [0.05, 0.1) is 5.10 Å². The predicted molar refractivity (Wildman–Crippen MR) is 40.0 cm³/mol. The van der Waals surface area contributed by atoms with Crippen LogP contribution in [0.25, 0.3) is 5.65 Å². The molecule has 0 aliphatic rings. The fourth-order valence-electron chi connectivity index (χ4n) is 0.715. The molecule has 0 aliphatic heterocycles. The van der Waals surface area contributed by atoms with Gasteiger partial charge >= 0.3 is 10.9 Å². The van der Waals surface area contributed by atoms with Gasteiger partial charge in [0.25, 0.3) is 0 Å². The molecular weight excluding hydrogens is 233 g/mol. The minimum Gasteiger partial charge on any atom is -0.129 e. The molecule has 0 atom stereocenters. The van der Waals surface area contributed by atoms with E-state index in [0.717, 1.165) is 4.47 Å². The minimum absolute atomic E-state index is 0.299. The number of fused-ring (bicyclic) bond motifs is 1. The summed E-state index contributed by atoms with van der Waals surface area (Å²) < 4.78 is 2.21. The molecule has 0 amide bonds. The Balaban J connectivity index is 2.96. The highest BCUT2D eigenvalue weighted by molar-refractivity contribution is 9.10. The Morgan fingerprint density at radius 3 is 3.18 bits per heavy atom. The number of hydrogen-bond donors (Lipinski definition) is 1. The maximum absolute atomic E-state index is 5.69. The van der Waals surface area contributed by atoms with Crippen molar-refractivity contribution in [1.82, 2.24) is 20.5 Å². The van der Waals surface area contributed by atoms with Crippen molar-refractivity contribution in [3.8, 4) is 0 Å². The van der Waals surface area contributed by atoms with Crippen LogP contribution in [0.4, 0.5) is 0 Å². The summed E-state index contributed by atoms with van der Waals surface area (Å²) in [7, 11) is 0. The summed E-state index contributed by atoms with van der Waals surface area (Å²) >= 11 is 8.94. The summed E-state index contributed by atoms with van der Waals surface area (Å²) in [6, 6.07) is 0. The highest BCUT2D eigenvalue weighted by Gasteiger charge is 2.13. The van der Waals surface area contributed by atoms with Crippen molar-refractivity contribution in [2.45, 2.75) is 0 Å². The largest absolute Gasteiger partial charge is 0.326 e. The molecule has 0 radical (unpaired) electrons. The lowest BCUT2D eigenvalue weighted by molar-refractivity contribution is -0.583. The third-order valence-electron chi connectivity index (χ3n) is 1.18. The van der Waals surface area contributed by atoms with E-state index in [-0.39, 0.29) is 0 Å². The van der Waals surface area contributed by atoms with E-state index in [9.17, 15) is 0 Å². The predicted octanol–water partition coefficient (Wildman–Crippen LogP) is 0.354. The van der Waals surface area contributed by atoms with Gasteiger partial charge in [-0.15, -0.1) is 9.50 Å². The lowest BCUT2D eigenvalue weighted by Gasteiger charge is -1.86. The first kappa shape index (κ1) is 6.93. The van der Waals surface area contributed by atoms with E-state index in [2.05, 4.69) is 36.4 Å². The van der Waals surface area contributed by atoms with Crippen LogP contribution < -0.4 is 4.52 Å². The second-order valence-electron chi connectivity index (χ2n) is 1.83. The molecule has 11 heavy (non-hydrogen) atoms. The van der Waals surface area contributed by atoms with Crippen molar-refractivity contribution in [2.75, 3.05) is 0 Å². The number of aromatic nitrogens is 5. The molecule has 0 saturated carbocycles. The standard InChI is InChI=1S/C4HBrClN5/c5-2-1-7-4(6)11-3(2)8-9-10-11/h1H/p+1. The summed E-state index contributed by atoms with van der Waals surface area (Å²) in [5.74, 6) is 0. The number of nitrogens with one attached hydrogen (secondary N) is 1. The summed E-state index contributed by atoms with van der Waals surface area (Å²) in [5, 5.41) is 10.2. The average molecular weight is 235 g/mol. The molecule has 2 aromatic rings. The molecule has 2 rings (SSSR count). The van der Waals surface area contributed by atoms with E-state index < -0.39 is 0 Å². The lowest BCUT2D eigenvalue weighted by atomic mass is 10.6. The van der Waals surface area contributed by atoms with Crippen molar-refractivity contribution >= 4 is 33.2 Å². The first-order valence-corrected chi connectivity index (χ1v) is 3.89. The molecule has 0 saturated heterocycles. The van der Waals surface area contributed by atoms with Crippen LogP contribution in [0.5, 0.6) is 0 Å². The van der Waals surface area contributed by atoms with Gasteiger partial charge < -0.3 is 0 Å². The Labute approximate surface area is 74.5 Å². The molecule has 0 unspecified atom stereocenters. The number of aromatic amines is 1. The summed E-state index contributed by atoms with van der Waals surface area (Å²) in [4.78, 5) is 3.85. The van der Waals surface area contributed by atoms with Crippen molar-refractivity contribution in [3.05, 3.63) is 16.0 Å². The van der Waals surface area contributed by atoms with Gasteiger partial charge in [-0.3, -0.25) is 0 Å². The summed E-state index contributed by atoms with van der Waals surface area (Å²) in [6.45, 7) is 0. The van der Waals surface area contributed by atoms with Crippen LogP contribution in [0.2, 0.25) is 5.28 Å². The minimum atomic E-state index is 0.299. The molecule has 5 nitrogen and oxygen atoms in total. The number of rotatable bonds is 0. The molecule has 2 aromatic heterocycles. The van der Waals surface area contributed by atoms with E-state index in [0.29, 0.717) is 10.9 Å². The average Bonchev–Trinajstić information content (AvgIpc) is 2.45. The summed E-state index contributed by atoms with van der Waals surface area (Å²) in [6.07, 6.45) is 1.57. The van der Waals surface area contributed by atoms with E-state index >= 15 is 0 Å². The van der Waals surface area contributed by atoms with Gasteiger partial charge in [-0.05, 0) is 27.5 Å². The Kier molecular flexibility index (Phi) is 1.50. The Morgan fingerprint density at radius 1 is 1.64 bits per heavy atom.